The highest BCUT2D eigenvalue weighted by molar-refractivity contribution is 7.92. The minimum absolute atomic E-state index is 0.0427. The summed E-state index contributed by atoms with van der Waals surface area (Å²) < 4.78 is 42.5. The summed E-state index contributed by atoms with van der Waals surface area (Å²) in [4.78, 5) is 11.6. The predicted octanol–water partition coefficient (Wildman–Crippen LogP) is 1.94. The Morgan fingerprint density at radius 2 is 1.95 bits per heavy atom. The molecule has 0 aliphatic carbocycles. The summed E-state index contributed by atoms with van der Waals surface area (Å²) in [5.74, 6) is -1.55. The Hall–Kier alpha value is -1.43. The van der Waals surface area contributed by atoms with E-state index >= 15 is 0 Å². The van der Waals surface area contributed by atoms with Crippen molar-refractivity contribution < 1.29 is 22.3 Å². The van der Waals surface area contributed by atoms with Crippen molar-refractivity contribution in [2.24, 2.45) is 5.92 Å². The molecule has 1 heterocycles. The van der Waals surface area contributed by atoms with Gasteiger partial charge in [0.1, 0.15) is 5.82 Å². The van der Waals surface area contributed by atoms with E-state index < -0.39 is 26.9 Å². The van der Waals surface area contributed by atoms with E-state index in [1.807, 2.05) is 6.92 Å². The fraction of sp³-hybridized carbons (Fsp3) is 0.462. The van der Waals surface area contributed by atoms with Gasteiger partial charge in [0, 0.05) is 5.92 Å². The number of carbonyl (C=O) groups is 1. The van der Waals surface area contributed by atoms with Gasteiger partial charge in [0.25, 0.3) is 0 Å². The highest BCUT2D eigenvalue weighted by Crippen LogP contribution is 2.30. The molecule has 0 amide bonds. The number of ether oxygens (including phenoxy) is 1. The number of hydrogen-bond acceptors (Lipinski definition) is 4. The van der Waals surface area contributed by atoms with Crippen molar-refractivity contribution in [1.29, 1.82) is 0 Å². The lowest BCUT2D eigenvalue weighted by molar-refractivity contribution is -0.137. The average molecular weight is 286 g/mol. The van der Waals surface area contributed by atoms with Crippen molar-refractivity contribution in [3.8, 4) is 0 Å². The molecular weight excluding hydrogens is 271 g/mol. The van der Waals surface area contributed by atoms with Gasteiger partial charge in [-0.2, -0.15) is 0 Å². The van der Waals surface area contributed by atoms with Crippen LogP contribution in [0.5, 0.6) is 0 Å². The van der Waals surface area contributed by atoms with Gasteiger partial charge in [-0.05, 0) is 30.7 Å². The van der Waals surface area contributed by atoms with Crippen LogP contribution < -0.4 is 0 Å². The molecule has 2 atom stereocenters. The molecule has 0 saturated carbocycles. The fourth-order valence-electron chi connectivity index (χ4n) is 2.31. The Labute approximate surface area is 111 Å². The molecule has 2 rings (SSSR count). The Morgan fingerprint density at radius 1 is 1.32 bits per heavy atom. The first-order valence-corrected chi connectivity index (χ1v) is 7.67. The first-order chi connectivity index (χ1) is 8.96. The van der Waals surface area contributed by atoms with Crippen LogP contribution >= 0.6 is 0 Å². The topological polar surface area (TPSA) is 60.4 Å². The molecular formula is C13H15FO4S. The van der Waals surface area contributed by atoms with E-state index in [2.05, 4.69) is 0 Å². The molecule has 0 spiro atoms. The third-order valence-electron chi connectivity index (χ3n) is 3.24. The van der Waals surface area contributed by atoms with Crippen LogP contribution in [0.3, 0.4) is 0 Å². The van der Waals surface area contributed by atoms with Gasteiger partial charge in [0.15, 0.2) is 15.1 Å². The lowest BCUT2D eigenvalue weighted by Gasteiger charge is -2.15. The summed E-state index contributed by atoms with van der Waals surface area (Å²) in [6.07, 6.45) is 1.38. The number of sulfone groups is 1. The van der Waals surface area contributed by atoms with Crippen LogP contribution in [0.1, 0.15) is 19.8 Å². The number of esters is 1. The van der Waals surface area contributed by atoms with Crippen molar-refractivity contribution >= 4 is 15.8 Å². The molecule has 1 saturated heterocycles. The third kappa shape index (κ3) is 2.63. The zero-order valence-corrected chi connectivity index (χ0v) is 11.3. The molecule has 0 aromatic heterocycles. The maximum Gasteiger partial charge on any atom is 0.325 e. The Kier molecular flexibility index (Phi) is 3.89. The van der Waals surface area contributed by atoms with E-state index in [-0.39, 0.29) is 17.4 Å². The van der Waals surface area contributed by atoms with E-state index in [1.54, 1.807) is 0 Å². The number of halogens is 1. The van der Waals surface area contributed by atoms with E-state index in [0.29, 0.717) is 6.42 Å². The minimum Gasteiger partial charge on any atom is -0.464 e. The molecule has 1 aromatic carbocycles. The molecule has 6 heteroatoms. The second-order valence-corrected chi connectivity index (χ2v) is 6.67. The van der Waals surface area contributed by atoms with Crippen molar-refractivity contribution in [3.05, 3.63) is 30.1 Å². The predicted molar refractivity (Wildman–Crippen MR) is 66.7 cm³/mol. The van der Waals surface area contributed by atoms with Crippen molar-refractivity contribution in [1.82, 2.24) is 0 Å². The molecule has 1 aliphatic heterocycles. The highest BCUT2D eigenvalue weighted by Gasteiger charge is 2.46. The van der Waals surface area contributed by atoms with E-state index in [1.165, 1.54) is 12.1 Å². The summed E-state index contributed by atoms with van der Waals surface area (Å²) in [6, 6.07) is 4.50. The monoisotopic (exact) mass is 286 g/mol. The summed E-state index contributed by atoms with van der Waals surface area (Å²) in [5.41, 5.74) is 0. The summed E-state index contributed by atoms with van der Waals surface area (Å²) in [5, 5.41) is -1.17. The Balaban J connectivity index is 2.37. The highest BCUT2D eigenvalue weighted by atomic mass is 32.2. The van der Waals surface area contributed by atoms with Gasteiger partial charge in [-0.25, -0.2) is 12.8 Å². The van der Waals surface area contributed by atoms with Crippen molar-refractivity contribution in [2.45, 2.75) is 29.9 Å². The second-order valence-electron chi connectivity index (χ2n) is 4.60. The van der Waals surface area contributed by atoms with E-state index in [4.69, 9.17) is 4.74 Å². The molecule has 1 unspecified atom stereocenters. The van der Waals surface area contributed by atoms with Crippen LogP contribution in [0, 0.1) is 11.7 Å². The van der Waals surface area contributed by atoms with Crippen LogP contribution in [0.15, 0.2) is 29.2 Å². The number of rotatable bonds is 4. The third-order valence-corrected chi connectivity index (χ3v) is 5.41. The average Bonchev–Trinajstić information content (AvgIpc) is 2.72. The standard InChI is InChI=1S/C13H15FO4S/c1-2-3-9-8-18-13(15)12(9)19(16,17)11-6-4-10(14)5-7-11/h4-7,9,12H,2-3,8H2,1H3/t9-,12?/m0/s1. The normalized spacial score (nSPS) is 23.4. The smallest absolute Gasteiger partial charge is 0.325 e. The number of hydrogen-bond donors (Lipinski definition) is 0. The van der Waals surface area contributed by atoms with Crippen LogP contribution in [0.2, 0.25) is 0 Å². The van der Waals surface area contributed by atoms with E-state index in [0.717, 1.165) is 18.6 Å². The van der Waals surface area contributed by atoms with Crippen molar-refractivity contribution in [2.75, 3.05) is 6.61 Å². The van der Waals surface area contributed by atoms with Gasteiger partial charge in [-0.3, -0.25) is 4.79 Å². The van der Waals surface area contributed by atoms with Gasteiger partial charge in [0.05, 0.1) is 11.5 Å². The van der Waals surface area contributed by atoms with Crippen LogP contribution in [0.4, 0.5) is 4.39 Å². The molecule has 1 fully saturated rings. The number of cyclic esters (lactones) is 1. The molecule has 4 nitrogen and oxygen atoms in total. The lowest BCUT2D eigenvalue weighted by atomic mass is 10.0. The molecule has 104 valence electrons. The van der Waals surface area contributed by atoms with Crippen LogP contribution in [0.25, 0.3) is 0 Å². The first kappa shape index (κ1) is 14.0. The summed E-state index contributed by atoms with van der Waals surface area (Å²) in [6.45, 7) is 2.06. The quantitative estimate of drug-likeness (QED) is 0.627. The molecule has 19 heavy (non-hydrogen) atoms. The largest absolute Gasteiger partial charge is 0.464 e. The molecule has 1 aromatic rings. The van der Waals surface area contributed by atoms with Gasteiger partial charge >= 0.3 is 5.97 Å². The Bertz CT molecular complexity index is 565. The Morgan fingerprint density at radius 3 is 2.53 bits per heavy atom. The number of benzene rings is 1. The molecule has 0 bridgehead atoms. The first-order valence-electron chi connectivity index (χ1n) is 6.13. The van der Waals surface area contributed by atoms with Crippen LogP contribution in [-0.4, -0.2) is 26.2 Å². The van der Waals surface area contributed by atoms with E-state index in [9.17, 15) is 17.6 Å². The SMILES string of the molecule is CCC[C@H]1COC(=O)C1S(=O)(=O)c1ccc(F)cc1. The summed E-state index contributed by atoms with van der Waals surface area (Å²) in [7, 11) is -3.82. The van der Waals surface area contributed by atoms with Gasteiger partial charge in [0.2, 0.25) is 0 Å². The van der Waals surface area contributed by atoms with Crippen LogP contribution in [-0.2, 0) is 19.4 Å². The fourth-order valence-corrected chi connectivity index (χ4v) is 4.16. The maximum atomic E-state index is 12.8. The minimum atomic E-state index is -3.82. The van der Waals surface area contributed by atoms with Crippen molar-refractivity contribution in [3.63, 3.8) is 0 Å². The van der Waals surface area contributed by atoms with Gasteiger partial charge in [-0.1, -0.05) is 13.3 Å². The lowest BCUT2D eigenvalue weighted by Crippen LogP contribution is -2.32. The van der Waals surface area contributed by atoms with Gasteiger partial charge < -0.3 is 4.74 Å². The molecule has 0 radical (unpaired) electrons. The van der Waals surface area contributed by atoms with Gasteiger partial charge in [-0.15, -0.1) is 0 Å². The summed E-state index contributed by atoms with van der Waals surface area (Å²) >= 11 is 0. The zero-order chi connectivity index (χ0) is 14.0. The maximum absolute atomic E-state index is 12.8. The second kappa shape index (κ2) is 5.28. The molecule has 0 N–H and O–H groups in total. The molecule has 1 aliphatic rings. The number of carbonyl (C=O) groups excluding carboxylic acids is 1. The zero-order valence-electron chi connectivity index (χ0n) is 10.5.